The van der Waals surface area contributed by atoms with Gasteiger partial charge in [0.1, 0.15) is 5.75 Å². The molecule has 3 rings (SSSR count). The van der Waals surface area contributed by atoms with E-state index in [1.165, 1.54) is 23.1 Å². The molecule has 0 aliphatic heterocycles. The molecule has 2 N–H and O–H groups in total. The van der Waals surface area contributed by atoms with Gasteiger partial charge in [-0.2, -0.15) is 0 Å². The number of rotatable bonds is 10. The normalized spacial score (nSPS) is 10.9. The molecule has 0 saturated heterocycles. The van der Waals surface area contributed by atoms with Crippen molar-refractivity contribution < 1.29 is 14.6 Å². The fourth-order valence-electron chi connectivity index (χ4n) is 2.41. The van der Waals surface area contributed by atoms with Crippen LogP contribution in [0.5, 0.6) is 5.75 Å². The number of nitrogens with zero attached hydrogens (tertiary/aromatic N) is 4. The van der Waals surface area contributed by atoms with Crippen molar-refractivity contribution in [3.63, 3.8) is 0 Å². The van der Waals surface area contributed by atoms with Crippen molar-refractivity contribution in [3.05, 3.63) is 41.7 Å². The number of aliphatic hydroxyl groups is 1. The number of ether oxygens (including phenoxy) is 1. The number of hydrogen-bond acceptors (Lipinski definition) is 9. The minimum atomic E-state index is -0.177. The van der Waals surface area contributed by atoms with Crippen molar-refractivity contribution >= 4 is 45.9 Å². The lowest BCUT2D eigenvalue weighted by Gasteiger charge is -2.08. The second-order valence-corrected chi connectivity index (χ2v) is 9.22. The van der Waals surface area contributed by atoms with Crippen LogP contribution < -0.4 is 10.1 Å². The molecular formula is C18H21N5O3S3. The average molecular weight is 452 g/mol. The summed E-state index contributed by atoms with van der Waals surface area (Å²) in [5.74, 6) is 1.70. The number of carbonyl (C=O) groups is 1. The summed E-state index contributed by atoms with van der Waals surface area (Å²) in [6, 6.07) is 7.74. The van der Waals surface area contributed by atoms with Gasteiger partial charge < -0.3 is 14.4 Å². The molecule has 0 fully saturated rings. The maximum absolute atomic E-state index is 12.3. The molecule has 154 valence electrons. The van der Waals surface area contributed by atoms with E-state index < -0.39 is 0 Å². The zero-order valence-electron chi connectivity index (χ0n) is 16.0. The topological polar surface area (TPSA) is 102 Å². The van der Waals surface area contributed by atoms with Crippen LogP contribution in [0, 0.1) is 0 Å². The minimum absolute atomic E-state index is 0.155. The van der Waals surface area contributed by atoms with Crippen molar-refractivity contribution in [1.82, 2.24) is 19.7 Å². The van der Waals surface area contributed by atoms with E-state index in [9.17, 15) is 9.90 Å². The molecule has 1 aromatic carbocycles. The Morgan fingerprint density at radius 1 is 1.28 bits per heavy atom. The third-order valence-electron chi connectivity index (χ3n) is 3.72. The van der Waals surface area contributed by atoms with Crippen LogP contribution in [0.25, 0.3) is 0 Å². The van der Waals surface area contributed by atoms with E-state index in [1.807, 2.05) is 35.8 Å². The lowest BCUT2D eigenvalue weighted by molar-refractivity contribution is -0.113. The number of nitrogens with one attached hydrogen (secondary N) is 1. The van der Waals surface area contributed by atoms with Crippen molar-refractivity contribution in [2.75, 3.05) is 23.9 Å². The molecule has 2 aromatic heterocycles. The molecule has 2 heterocycles. The highest BCUT2D eigenvalue weighted by atomic mass is 32.2. The van der Waals surface area contributed by atoms with Crippen LogP contribution in [0.1, 0.15) is 18.2 Å². The summed E-state index contributed by atoms with van der Waals surface area (Å²) in [5, 5.41) is 21.4. The monoisotopic (exact) mass is 451 g/mol. The SMILES string of the molecule is CCSc1nnc(NC(=O)CSc2nc(CO)cn2Cc2ccc(OC)cc2)s1. The Morgan fingerprint density at radius 3 is 2.76 bits per heavy atom. The number of carbonyl (C=O) groups excluding carboxylic acids is 1. The summed E-state index contributed by atoms with van der Waals surface area (Å²) in [7, 11) is 1.63. The van der Waals surface area contributed by atoms with E-state index in [4.69, 9.17) is 4.74 Å². The fraction of sp³-hybridized carbons (Fsp3) is 0.333. The van der Waals surface area contributed by atoms with E-state index in [0.29, 0.717) is 22.5 Å². The minimum Gasteiger partial charge on any atom is -0.497 e. The number of thioether (sulfide) groups is 2. The molecule has 0 atom stereocenters. The van der Waals surface area contributed by atoms with Crippen LogP contribution in [0.15, 0.2) is 40.0 Å². The molecule has 1 amide bonds. The lowest BCUT2D eigenvalue weighted by Crippen LogP contribution is -2.14. The van der Waals surface area contributed by atoms with Gasteiger partial charge in [-0.15, -0.1) is 10.2 Å². The van der Waals surface area contributed by atoms with Gasteiger partial charge in [0.15, 0.2) is 9.50 Å². The van der Waals surface area contributed by atoms with E-state index >= 15 is 0 Å². The zero-order chi connectivity index (χ0) is 20.6. The molecular weight excluding hydrogens is 430 g/mol. The number of benzene rings is 1. The highest BCUT2D eigenvalue weighted by Crippen LogP contribution is 2.26. The molecule has 0 unspecified atom stereocenters. The van der Waals surface area contributed by atoms with Crippen molar-refractivity contribution in [1.29, 1.82) is 0 Å². The van der Waals surface area contributed by atoms with Crippen LogP contribution in [-0.4, -0.2) is 49.4 Å². The van der Waals surface area contributed by atoms with Gasteiger partial charge in [-0.1, -0.05) is 53.9 Å². The Labute approximate surface area is 181 Å². The molecule has 0 radical (unpaired) electrons. The predicted octanol–water partition coefficient (Wildman–Crippen LogP) is 3.13. The Hall–Kier alpha value is -2.08. The molecule has 0 saturated carbocycles. The Morgan fingerprint density at radius 2 is 2.07 bits per heavy atom. The van der Waals surface area contributed by atoms with E-state index in [0.717, 1.165) is 21.4 Å². The Kier molecular flexibility index (Phi) is 7.92. The number of anilines is 1. The Bertz CT molecular complexity index is 943. The first-order valence-electron chi connectivity index (χ1n) is 8.80. The maximum Gasteiger partial charge on any atom is 0.236 e. The molecule has 11 heteroatoms. The van der Waals surface area contributed by atoms with Crippen molar-refractivity contribution in [2.45, 2.75) is 29.6 Å². The van der Waals surface area contributed by atoms with Gasteiger partial charge in [0, 0.05) is 12.7 Å². The predicted molar refractivity (Wildman–Crippen MR) is 116 cm³/mol. The highest BCUT2D eigenvalue weighted by Gasteiger charge is 2.13. The number of hydrogen-bond donors (Lipinski definition) is 2. The van der Waals surface area contributed by atoms with E-state index in [-0.39, 0.29) is 18.3 Å². The summed E-state index contributed by atoms with van der Waals surface area (Å²) < 4.78 is 7.94. The summed E-state index contributed by atoms with van der Waals surface area (Å²) >= 11 is 4.26. The van der Waals surface area contributed by atoms with Crippen LogP contribution in [0.4, 0.5) is 5.13 Å². The fourth-order valence-corrected chi connectivity index (χ4v) is 4.87. The van der Waals surface area contributed by atoms with Crippen molar-refractivity contribution in [2.24, 2.45) is 0 Å². The van der Waals surface area contributed by atoms with Gasteiger partial charge in [-0.3, -0.25) is 10.1 Å². The van der Waals surface area contributed by atoms with Crippen LogP contribution in [0.3, 0.4) is 0 Å². The average Bonchev–Trinajstić information content (AvgIpc) is 3.33. The molecule has 8 nitrogen and oxygen atoms in total. The molecule has 0 aliphatic carbocycles. The maximum atomic E-state index is 12.3. The number of amides is 1. The second kappa shape index (κ2) is 10.6. The number of aromatic nitrogens is 4. The highest BCUT2D eigenvalue weighted by molar-refractivity contribution is 8.01. The van der Waals surface area contributed by atoms with Crippen LogP contribution in [0.2, 0.25) is 0 Å². The third kappa shape index (κ3) is 6.20. The van der Waals surface area contributed by atoms with Gasteiger partial charge in [0.2, 0.25) is 11.0 Å². The van der Waals surface area contributed by atoms with Crippen molar-refractivity contribution in [3.8, 4) is 5.75 Å². The molecule has 29 heavy (non-hydrogen) atoms. The number of methoxy groups -OCH3 is 1. The van der Waals surface area contributed by atoms with Gasteiger partial charge in [0.05, 0.1) is 25.2 Å². The first-order chi connectivity index (χ1) is 14.1. The zero-order valence-corrected chi connectivity index (χ0v) is 18.4. The van der Waals surface area contributed by atoms with Gasteiger partial charge >= 0.3 is 0 Å². The smallest absolute Gasteiger partial charge is 0.236 e. The summed E-state index contributed by atoms with van der Waals surface area (Å²) in [6.07, 6.45) is 1.80. The van der Waals surface area contributed by atoms with Crippen LogP contribution >= 0.6 is 34.9 Å². The summed E-state index contributed by atoms with van der Waals surface area (Å²) in [4.78, 5) is 16.7. The lowest BCUT2D eigenvalue weighted by atomic mass is 10.2. The van der Waals surface area contributed by atoms with Gasteiger partial charge in [-0.25, -0.2) is 4.98 Å². The number of imidazole rings is 1. The summed E-state index contributed by atoms with van der Waals surface area (Å²) in [5.41, 5.74) is 1.63. The van der Waals surface area contributed by atoms with Crippen LogP contribution in [-0.2, 0) is 17.9 Å². The first-order valence-corrected chi connectivity index (χ1v) is 11.6. The first kappa shape index (κ1) is 21.6. The molecule has 3 aromatic rings. The number of aliphatic hydroxyl groups excluding tert-OH is 1. The largest absolute Gasteiger partial charge is 0.497 e. The van der Waals surface area contributed by atoms with E-state index in [2.05, 4.69) is 20.5 Å². The third-order valence-corrected chi connectivity index (χ3v) is 6.56. The Balaban J connectivity index is 1.61. The van der Waals surface area contributed by atoms with Gasteiger partial charge in [-0.05, 0) is 23.4 Å². The second-order valence-electron chi connectivity index (χ2n) is 5.79. The van der Waals surface area contributed by atoms with Gasteiger partial charge in [0.25, 0.3) is 0 Å². The molecule has 0 bridgehead atoms. The molecule has 0 aliphatic rings. The standard InChI is InChI=1S/C18H21N5O3S3/c1-3-27-18-22-21-16(29-18)20-15(25)11-28-17-19-13(10-24)9-23(17)8-12-4-6-14(26-2)7-5-12/h4-7,9,24H,3,8,10-11H2,1-2H3,(H,20,21,25). The van der Waals surface area contributed by atoms with E-state index in [1.54, 1.807) is 25.1 Å². The summed E-state index contributed by atoms with van der Waals surface area (Å²) in [6.45, 7) is 2.46. The quantitative estimate of drug-likeness (QED) is 0.358. The molecule has 0 spiro atoms.